The van der Waals surface area contributed by atoms with Gasteiger partial charge in [-0.2, -0.15) is 0 Å². The molecule has 1 aliphatic heterocycles. The van der Waals surface area contributed by atoms with Gasteiger partial charge in [0, 0.05) is 0 Å². The fraction of sp³-hybridized carbons (Fsp3) is 0. The zero-order chi connectivity index (χ0) is 8.93. The van der Waals surface area contributed by atoms with Gasteiger partial charge in [0.05, 0.1) is 0 Å². The Bertz CT molecular complexity index is 331. The summed E-state index contributed by atoms with van der Waals surface area (Å²) in [5.74, 6) is 4.41. The highest BCUT2D eigenvalue weighted by Crippen LogP contribution is 1.97. The van der Waals surface area contributed by atoms with Gasteiger partial charge in [0.2, 0.25) is 6.71 Å². The van der Waals surface area contributed by atoms with Gasteiger partial charge in [0.1, 0.15) is 0 Å². The van der Waals surface area contributed by atoms with E-state index in [4.69, 9.17) is 0 Å². The molecule has 0 unspecified atom stereocenters. The summed E-state index contributed by atoms with van der Waals surface area (Å²) < 4.78 is 0. The SMILES string of the molecule is C1=CC=CB(c2ccccc2)C=C1. The first-order chi connectivity index (χ1) is 6.47. The average molecular weight is 166 g/mol. The molecule has 0 N–H and O–H groups in total. The quantitative estimate of drug-likeness (QED) is 0.560. The maximum atomic E-state index is 2.20. The summed E-state index contributed by atoms with van der Waals surface area (Å²) in [6.45, 7) is 0.427. The Morgan fingerprint density at radius 1 is 0.692 bits per heavy atom. The molecule has 0 bridgehead atoms. The van der Waals surface area contributed by atoms with Crippen LogP contribution in [-0.2, 0) is 0 Å². The largest absolute Gasteiger partial charge is 0.226 e. The van der Waals surface area contributed by atoms with E-state index in [1.165, 1.54) is 5.46 Å². The molecule has 1 heteroatoms. The number of hydrogen-bond donors (Lipinski definition) is 0. The van der Waals surface area contributed by atoms with Crippen LogP contribution in [0.3, 0.4) is 0 Å². The fourth-order valence-corrected chi connectivity index (χ4v) is 1.46. The van der Waals surface area contributed by atoms with Gasteiger partial charge < -0.3 is 0 Å². The first-order valence-corrected chi connectivity index (χ1v) is 4.53. The van der Waals surface area contributed by atoms with Gasteiger partial charge in [-0.1, -0.05) is 60.1 Å². The molecule has 1 aliphatic rings. The lowest BCUT2D eigenvalue weighted by Gasteiger charge is -2.02. The predicted molar refractivity (Wildman–Crippen MR) is 59.3 cm³/mol. The van der Waals surface area contributed by atoms with Gasteiger partial charge in [-0.05, 0) is 0 Å². The molecule has 2 rings (SSSR count). The third-order valence-corrected chi connectivity index (χ3v) is 2.15. The van der Waals surface area contributed by atoms with Crippen LogP contribution in [0, 0.1) is 0 Å². The van der Waals surface area contributed by atoms with Crippen LogP contribution in [-0.4, -0.2) is 6.71 Å². The number of hydrogen-bond acceptors (Lipinski definition) is 0. The van der Waals surface area contributed by atoms with Crippen LogP contribution in [0.5, 0.6) is 0 Å². The second kappa shape index (κ2) is 3.95. The number of benzene rings is 1. The zero-order valence-corrected chi connectivity index (χ0v) is 7.43. The first kappa shape index (κ1) is 8.12. The number of allylic oxidation sites excluding steroid dienone is 4. The van der Waals surface area contributed by atoms with Gasteiger partial charge in [-0.15, -0.1) is 12.0 Å². The minimum absolute atomic E-state index is 0.427. The summed E-state index contributed by atoms with van der Waals surface area (Å²) in [4.78, 5) is 0. The topological polar surface area (TPSA) is 0 Å². The van der Waals surface area contributed by atoms with Crippen LogP contribution in [0.4, 0.5) is 0 Å². The highest BCUT2D eigenvalue weighted by molar-refractivity contribution is 6.82. The summed E-state index contributed by atoms with van der Waals surface area (Å²) in [5, 5.41) is 0. The van der Waals surface area contributed by atoms with Crippen molar-refractivity contribution < 1.29 is 0 Å². The smallest absolute Gasteiger partial charge is 0.106 e. The molecule has 0 radical (unpaired) electrons. The molecular weight excluding hydrogens is 155 g/mol. The summed E-state index contributed by atoms with van der Waals surface area (Å²) >= 11 is 0. The van der Waals surface area contributed by atoms with E-state index in [9.17, 15) is 0 Å². The third kappa shape index (κ3) is 2.00. The molecule has 1 aromatic carbocycles. The second-order valence-electron chi connectivity index (χ2n) is 3.09. The van der Waals surface area contributed by atoms with Crippen molar-refractivity contribution in [2.75, 3.05) is 0 Å². The van der Waals surface area contributed by atoms with Crippen molar-refractivity contribution >= 4 is 12.2 Å². The maximum Gasteiger partial charge on any atom is 0.226 e. The maximum absolute atomic E-state index is 2.20. The van der Waals surface area contributed by atoms with Gasteiger partial charge in [0.25, 0.3) is 0 Å². The van der Waals surface area contributed by atoms with Gasteiger partial charge >= 0.3 is 0 Å². The van der Waals surface area contributed by atoms with Crippen molar-refractivity contribution in [3.63, 3.8) is 0 Å². The van der Waals surface area contributed by atoms with E-state index in [1.54, 1.807) is 0 Å². The lowest BCUT2D eigenvalue weighted by molar-refractivity contribution is 1.76. The van der Waals surface area contributed by atoms with Gasteiger partial charge in [0.15, 0.2) is 0 Å². The molecule has 62 valence electrons. The van der Waals surface area contributed by atoms with Crippen molar-refractivity contribution in [3.05, 3.63) is 66.6 Å². The molecule has 0 atom stereocenters. The molecule has 0 fully saturated rings. The van der Waals surface area contributed by atoms with E-state index in [0.29, 0.717) is 6.71 Å². The van der Waals surface area contributed by atoms with E-state index < -0.39 is 0 Å². The fourth-order valence-electron chi connectivity index (χ4n) is 1.46. The Morgan fingerprint density at radius 2 is 1.31 bits per heavy atom. The van der Waals surface area contributed by atoms with Crippen molar-refractivity contribution in [3.8, 4) is 0 Å². The minimum atomic E-state index is 0.427. The lowest BCUT2D eigenvalue weighted by atomic mass is 9.45. The second-order valence-corrected chi connectivity index (χ2v) is 3.09. The van der Waals surface area contributed by atoms with E-state index in [2.05, 4.69) is 60.5 Å². The molecule has 0 amide bonds. The Kier molecular flexibility index (Phi) is 2.47. The van der Waals surface area contributed by atoms with Crippen LogP contribution in [0.15, 0.2) is 66.6 Å². The molecule has 0 nitrogen and oxygen atoms in total. The Hall–Kier alpha value is -1.50. The Morgan fingerprint density at radius 3 is 1.92 bits per heavy atom. The summed E-state index contributed by atoms with van der Waals surface area (Å²) in [5.41, 5.74) is 1.35. The van der Waals surface area contributed by atoms with Gasteiger partial charge in [-0.3, -0.25) is 0 Å². The van der Waals surface area contributed by atoms with Crippen LogP contribution in [0.2, 0.25) is 0 Å². The van der Waals surface area contributed by atoms with Crippen LogP contribution in [0.1, 0.15) is 0 Å². The first-order valence-electron chi connectivity index (χ1n) is 4.53. The summed E-state index contributed by atoms with van der Waals surface area (Å²) in [6.07, 6.45) is 8.30. The highest BCUT2D eigenvalue weighted by Gasteiger charge is 2.07. The van der Waals surface area contributed by atoms with Crippen molar-refractivity contribution in [1.82, 2.24) is 0 Å². The Balaban J connectivity index is 2.27. The van der Waals surface area contributed by atoms with Gasteiger partial charge in [-0.25, -0.2) is 0 Å². The Labute approximate surface area is 79.4 Å². The molecule has 13 heavy (non-hydrogen) atoms. The standard InChI is InChI=1S/C12H11B/c1-2-7-11-13(10-6-1)12-8-4-3-5-9-12/h1-11H. The van der Waals surface area contributed by atoms with Crippen LogP contribution in [0.25, 0.3) is 0 Å². The van der Waals surface area contributed by atoms with Crippen molar-refractivity contribution in [1.29, 1.82) is 0 Å². The highest BCUT2D eigenvalue weighted by atomic mass is 13.8. The summed E-state index contributed by atoms with van der Waals surface area (Å²) in [6, 6.07) is 10.5. The van der Waals surface area contributed by atoms with E-state index in [0.717, 1.165) is 0 Å². The van der Waals surface area contributed by atoms with Crippen molar-refractivity contribution in [2.24, 2.45) is 0 Å². The zero-order valence-electron chi connectivity index (χ0n) is 7.43. The number of rotatable bonds is 1. The average Bonchev–Trinajstić information content (AvgIpc) is 2.47. The van der Waals surface area contributed by atoms with Crippen molar-refractivity contribution in [2.45, 2.75) is 0 Å². The van der Waals surface area contributed by atoms with E-state index in [1.807, 2.05) is 6.07 Å². The summed E-state index contributed by atoms with van der Waals surface area (Å²) in [7, 11) is 0. The van der Waals surface area contributed by atoms with Crippen LogP contribution < -0.4 is 5.46 Å². The molecule has 0 aliphatic carbocycles. The van der Waals surface area contributed by atoms with Crippen LogP contribution >= 0.6 is 0 Å². The molecule has 0 aromatic heterocycles. The molecule has 1 heterocycles. The lowest BCUT2D eigenvalue weighted by Crippen LogP contribution is -2.25. The third-order valence-electron chi connectivity index (χ3n) is 2.15. The predicted octanol–water partition coefficient (Wildman–Crippen LogP) is 2.15. The monoisotopic (exact) mass is 166 g/mol. The van der Waals surface area contributed by atoms with E-state index in [-0.39, 0.29) is 0 Å². The molecule has 0 spiro atoms. The van der Waals surface area contributed by atoms with E-state index >= 15 is 0 Å². The normalized spacial score (nSPS) is 14.6. The minimum Gasteiger partial charge on any atom is -0.106 e. The molecule has 0 saturated heterocycles. The molecular formula is C12H11B. The molecule has 0 saturated carbocycles. The molecule has 1 aromatic rings.